The maximum absolute atomic E-state index is 12.1. The van der Waals surface area contributed by atoms with E-state index in [1.165, 1.54) is 0 Å². The number of fused-ring (bicyclic) bond motifs is 1. The van der Waals surface area contributed by atoms with Crippen LogP contribution in [0, 0.1) is 0 Å². The Morgan fingerprint density at radius 1 is 1.23 bits per heavy atom. The van der Waals surface area contributed by atoms with Gasteiger partial charge >= 0.3 is 0 Å². The Morgan fingerprint density at radius 2 is 1.91 bits per heavy atom. The van der Waals surface area contributed by atoms with Gasteiger partial charge in [-0.2, -0.15) is 5.10 Å². The number of H-pyrrole nitrogens is 1. The summed E-state index contributed by atoms with van der Waals surface area (Å²) in [6.07, 6.45) is 4.00. The van der Waals surface area contributed by atoms with Crippen molar-refractivity contribution in [2.75, 3.05) is 26.2 Å². The first-order valence-electron chi connectivity index (χ1n) is 8.24. The van der Waals surface area contributed by atoms with Crippen LogP contribution < -0.4 is 10.9 Å². The lowest BCUT2D eigenvalue weighted by molar-refractivity contribution is -0.120. The highest BCUT2D eigenvalue weighted by Crippen LogP contribution is 2.20. The van der Waals surface area contributed by atoms with E-state index in [0.717, 1.165) is 62.1 Å². The van der Waals surface area contributed by atoms with Gasteiger partial charge in [0, 0.05) is 18.7 Å². The standard InChI is InChI=1S/C16H26N4O2/c1-3-20(4-2)10-9-17-15(21)11-14-12-7-5-6-8-13(12)16(22)19-18-14/h3-11H2,1-2H3,(H,17,21)(H,19,22). The van der Waals surface area contributed by atoms with Gasteiger partial charge in [0.25, 0.3) is 5.56 Å². The van der Waals surface area contributed by atoms with E-state index in [2.05, 4.69) is 34.3 Å². The van der Waals surface area contributed by atoms with Crippen LogP contribution in [0.4, 0.5) is 0 Å². The first kappa shape index (κ1) is 16.7. The molecule has 2 N–H and O–H groups in total. The van der Waals surface area contributed by atoms with E-state index >= 15 is 0 Å². The predicted octanol–water partition coefficient (Wildman–Crippen LogP) is 0.649. The van der Waals surface area contributed by atoms with Crippen molar-refractivity contribution in [3.63, 3.8) is 0 Å². The third-order valence-electron chi connectivity index (χ3n) is 4.36. The number of nitrogens with zero attached hydrogens (tertiary/aromatic N) is 2. The fraction of sp³-hybridized carbons (Fsp3) is 0.688. The van der Waals surface area contributed by atoms with E-state index < -0.39 is 0 Å². The molecule has 0 spiro atoms. The summed E-state index contributed by atoms with van der Waals surface area (Å²) < 4.78 is 0. The van der Waals surface area contributed by atoms with Crippen LogP contribution in [0.2, 0.25) is 0 Å². The van der Waals surface area contributed by atoms with Gasteiger partial charge in [-0.1, -0.05) is 13.8 Å². The molecule has 0 saturated carbocycles. The summed E-state index contributed by atoms with van der Waals surface area (Å²) in [5.74, 6) is -0.0283. The summed E-state index contributed by atoms with van der Waals surface area (Å²) in [7, 11) is 0. The first-order valence-corrected chi connectivity index (χ1v) is 8.24. The van der Waals surface area contributed by atoms with Crippen LogP contribution in [0.3, 0.4) is 0 Å². The number of aromatic amines is 1. The maximum Gasteiger partial charge on any atom is 0.267 e. The molecule has 1 aromatic rings. The number of nitrogens with one attached hydrogen (secondary N) is 2. The minimum atomic E-state index is -0.0969. The maximum atomic E-state index is 12.1. The topological polar surface area (TPSA) is 78.1 Å². The van der Waals surface area contributed by atoms with Gasteiger partial charge in [0.15, 0.2) is 0 Å². The molecular formula is C16H26N4O2. The second-order valence-corrected chi connectivity index (χ2v) is 5.72. The number of carbonyl (C=O) groups excluding carboxylic acids is 1. The zero-order valence-electron chi connectivity index (χ0n) is 13.6. The highest BCUT2D eigenvalue weighted by molar-refractivity contribution is 5.78. The number of aromatic nitrogens is 2. The highest BCUT2D eigenvalue weighted by Gasteiger charge is 2.19. The van der Waals surface area contributed by atoms with E-state index in [1.54, 1.807) is 0 Å². The van der Waals surface area contributed by atoms with Gasteiger partial charge in [0.1, 0.15) is 0 Å². The second-order valence-electron chi connectivity index (χ2n) is 5.72. The van der Waals surface area contributed by atoms with Crippen LogP contribution >= 0.6 is 0 Å². The van der Waals surface area contributed by atoms with Gasteiger partial charge in [-0.3, -0.25) is 9.59 Å². The molecule has 122 valence electrons. The Hall–Kier alpha value is -1.69. The highest BCUT2D eigenvalue weighted by atomic mass is 16.1. The molecule has 1 aliphatic rings. The number of likely N-dealkylation sites (N-methyl/N-ethyl adjacent to an activating group) is 1. The van der Waals surface area contributed by atoms with Crippen LogP contribution in [-0.4, -0.2) is 47.2 Å². The molecule has 0 bridgehead atoms. The lowest BCUT2D eigenvalue weighted by atomic mass is 9.91. The fourth-order valence-corrected chi connectivity index (χ4v) is 2.98. The van der Waals surface area contributed by atoms with Gasteiger partial charge in [-0.15, -0.1) is 0 Å². The number of hydrogen-bond donors (Lipinski definition) is 2. The van der Waals surface area contributed by atoms with Crippen molar-refractivity contribution in [1.82, 2.24) is 20.4 Å². The van der Waals surface area contributed by atoms with Crippen molar-refractivity contribution in [1.29, 1.82) is 0 Å². The first-order chi connectivity index (χ1) is 10.7. The number of hydrogen-bond acceptors (Lipinski definition) is 4. The Balaban J connectivity index is 1.93. The molecule has 1 amide bonds. The summed E-state index contributed by atoms with van der Waals surface area (Å²) in [5, 5.41) is 9.57. The molecule has 6 nitrogen and oxygen atoms in total. The largest absolute Gasteiger partial charge is 0.354 e. The lowest BCUT2D eigenvalue weighted by Gasteiger charge is -2.19. The molecule has 0 saturated heterocycles. The smallest absolute Gasteiger partial charge is 0.267 e. The van der Waals surface area contributed by atoms with Crippen molar-refractivity contribution in [2.45, 2.75) is 46.0 Å². The normalized spacial score (nSPS) is 14.0. The molecule has 0 aliphatic heterocycles. The summed E-state index contributed by atoms with van der Waals surface area (Å²) in [4.78, 5) is 26.1. The van der Waals surface area contributed by atoms with Gasteiger partial charge in [0.05, 0.1) is 12.1 Å². The van der Waals surface area contributed by atoms with Gasteiger partial charge in [-0.25, -0.2) is 5.10 Å². The van der Waals surface area contributed by atoms with Gasteiger partial charge in [-0.05, 0) is 44.3 Å². The van der Waals surface area contributed by atoms with Crippen molar-refractivity contribution in [3.8, 4) is 0 Å². The summed E-state index contributed by atoms with van der Waals surface area (Å²) >= 11 is 0. The SMILES string of the molecule is CCN(CC)CCNC(=O)Cc1n[nH]c(=O)c2c1CCCC2. The molecule has 22 heavy (non-hydrogen) atoms. The molecular weight excluding hydrogens is 280 g/mol. The summed E-state index contributed by atoms with van der Waals surface area (Å²) in [6, 6.07) is 0. The molecule has 0 radical (unpaired) electrons. The van der Waals surface area contributed by atoms with E-state index in [-0.39, 0.29) is 17.9 Å². The van der Waals surface area contributed by atoms with Gasteiger partial charge < -0.3 is 10.2 Å². The second kappa shape index (κ2) is 8.08. The summed E-state index contributed by atoms with van der Waals surface area (Å²) in [5.41, 5.74) is 2.45. The van der Waals surface area contributed by atoms with E-state index in [4.69, 9.17) is 0 Å². The quantitative estimate of drug-likeness (QED) is 0.775. The van der Waals surface area contributed by atoms with Crippen molar-refractivity contribution < 1.29 is 4.79 Å². The van der Waals surface area contributed by atoms with Crippen LogP contribution in [-0.2, 0) is 24.1 Å². The van der Waals surface area contributed by atoms with Crippen LogP contribution in [0.1, 0.15) is 43.5 Å². The lowest BCUT2D eigenvalue weighted by Crippen LogP contribution is -2.36. The third kappa shape index (κ3) is 4.16. The monoisotopic (exact) mass is 306 g/mol. The molecule has 1 heterocycles. The predicted molar refractivity (Wildman–Crippen MR) is 86.0 cm³/mol. The Labute approximate surface area is 131 Å². The molecule has 1 aromatic heterocycles. The molecule has 0 fully saturated rings. The van der Waals surface area contributed by atoms with E-state index in [1.807, 2.05) is 0 Å². The summed E-state index contributed by atoms with van der Waals surface area (Å²) in [6.45, 7) is 7.70. The van der Waals surface area contributed by atoms with Crippen LogP contribution in [0.5, 0.6) is 0 Å². The number of amides is 1. The minimum Gasteiger partial charge on any atom is -0.354 e. The average molecular weight is 306 g/mol. The Kier molecular flexibility index (Phi) is 6.12. The fourth-order valence-electron chi connectivity index (χ4n) is 2.98. The van der Waals surface area contributed by atoms with Gasteiger partial charge in [0.2, 0.25) is 5.91 Å². The molecule has 0 unspecified atom stereocenters. The average Bonchev–Trinajstić information content (AvgIpc) is 2.54. The van der Waals surface area contributed by atoms with Crippen LogP contribution in [0.25, 0.3) is 0 Å². The molecule has 0 aromatic carbocycles. The molecule has 1 aliphatic carbocycles. The van der Waals surface area contributed by atoms with Crippen molar-refractivity contribution in [2.24, 2.45) is 0 Å². The van der Waals surface area contributed by atoms with E-state index in [0.29, 0.717) is 6.54 Å². The van der Waals surface area contributed by atoms with E-state index in [9.17, 15) is 9.59 Å². The van der Waals surface area contributed by atoms with Crippen molar-refractivity contribution in [3.05, 3.63) is 27.2 Å². The minimum absolute atomic E-state index is 0.0283. The van der Waals surface area contributed by atoms with Crippen molar-refractivity contribution >= 4 is 5.91 Å². The Bertz CT molecular complexity index is 564. The number of rotatable bonds is 7. The zero-order chi connectivity index (χ0) is 15.9. The Morgan fingerprint density at radius 3 is 2.59 bits per heavy atom. The van der Waals surface area contributed by atoms with Crippen LogP contribution in [0.15, 0.2) is 4.79 Å². The molecule has 0 atom stereocenters. The third-order valence-corrected chi connectivity index (χ3v) is 4.36. The number of carbonyl (C=O) groups is 1. The molecule has 2 rings (SSSR count). The zero-order valence-corrected chi connectivity index (χ0v) is 13.6. The molecule has 6 heteroatoms.